The first-order valence-corrected chi connectivity index (χ1v) is 12.6. The molecule has 0 amide bonds. The van der Waals surface area contributed by atoms with Crippen molar-refractivity contribution >= 4 is 28.6 Å². The van der Waals surface area contributed by atoms with Gasteiger partial charge in [-0.3, -0.25) is 4.57 Å². The number of aliphatic hydroxyl groups excluding tert-OH is 1. The molecule has 3 saturated heterocycles. The number of rotatable bonds is 3. The van der Waals surface area contributed by atoms with E-state index in [1.165, 1.54) is 11.1 Å². The highest BCUT2D eigenvalue weighted by Crippen LogP contribution is 2.47. The van der Waals surface area contributed by atoms with Crippen LogP contribution in [0, 0.1) is 0 Å². The molecule has 0 radical (unpaired) electrons. The van der Waals surface area contributed by atoms with Crippen molar-refractivity contribution < 1.29 is 19.3 Å². The van der Waals surface area contributed by atoms with E-state index >= 15 is 0 Å². The van der Waals surface area contributed by atoms with Gasteiger partial charge >= 0.3 is 0 Å². The Kier molecular flexibility index (Phi) is 4.76. The van der Waals surface area contributed by atoms with Gasteiger partial charge in [-0.2, -0.15) is 9.97 Å². The molecule has 5 atom stereocenters. The van der Waals surface area contributed by atoms with Crippen LogP contribution in [0.15, 0.2) is 30.6 Å². The summed E-state index contributed by atoms with van der Waals surface area (Å²) < 4.78 is 20.2. The van der Waals surface area contributed by atoms with Crippen molar-refractivity contribution in [2.75, 3.05) is 24.6 Å². The first-order chi connectivity index (χ1) is 16.9. The number of nitrogens with zero attached hydrogens (tertiary/aromatic N) is 5. The molecule has 1 aliphatic carbocycles. The van der Waals surface area contributed by atoms with Crippen LogP contribution in [0.5, 0.6) is 0 Å². The van der Waals surface area contributed by atoms with Crippen molar-refractivity contribution in [3.63, 3.8) is 0 Å². The number of anilines is 1. The largest absolute Gasteiger partial charge is 0.394 e. The topological polar surface area (TPSA) is 94.8 Å². The molecule has 5 heterocycles. The normalized spacial score (nSPS) is 33.2. The lowest BCUT2D eigenvalue weighted by Crippen LogP contribution is -2.31. The summed E-state index contributed by atoms with van der Waals surface area (Å²) in [7, 11) is 0. The summed E-state index contributed by atoms with van der Waals surface area (Å²) in [5.74, 6) is -0.0161. The van der Waals surface area contributed by atoms with Gasteiger partial charge in [-0.05, 0) is 55.8 Å². The second-order valence-electron chi connectivity index (χ2n) is 10.6. The summed E-state index contributed by atoms with van der Waals surface area (Å²) in [4.78, 5) is 16.2. The molecule has 2 aromatic heterocycles. The highest BCUT2D eigenvalue weighted by atomic mass is 35.5. The number of imidazole rings is 1. The zero-order valence-corrected chi connectivity index (χ0v) is 20.5. The van der Waals surface area contributed by atoms with Crippen molar-refractivity contribution in [3.8, 4) is 0 Å². The Labute approximate surface area is 208 Å². The molecule has 7 rings (SSSR count). The third-order valence-electron chi connectivity index (χ3n) is 8.07. The van der Waals surface area contributed by atoms with Gasteiger partial charge in [0, 0.05) is 18.5 Å². The van der Waals surface area contributed by atoms with Crippen LogP contribution >= 0.6 is 11.6 Å². The minimum absolute atomic E-state index is 0.139. The SMILES string of the molecule is CC1(C)O[C@@H]2[C@H](O1)[C@@H](CO)O[C@H]2n1cnc2c(N3CCC4(CCc5ccccc54)C3)nc(Cl)nc21. The van der Waals surface area contributed by atoms with Gasteiger partial charge in [0.25, 0.3) is 0 Å². The lowest BCUT2D eigenvalue weighted by atomic mass is 9.81. The highest BCUT2D eigenvalue weighted by molar-refractivity contribution is 6.28. The van der Waals surface area contributed by atoms with Crippen LogP contribution in [0.3, 0.4) is 0 Å². The van der Waals surface area contributed by atoms with Crippen molar-refractivity contribution in [1.29, 1.82) is 0 Å². The van der Waals surface area contributed by atoms with E-state index in [0.717, 1.165) is 38.2 Å². The van der Waals surface area contributed by atoms with Crippen molar-refractivity contribution in [2.45, 2.75) is 68.9 Å². The summed E-state index contributed by atoms with van der Waals surface area (Å²) in [5.41, 5.74) is 4.33. The van der Waals surface area contributed by atoms with Gasteiger partial charge < -0.3 is 24.2 Å². The molecule has 0 saturated carbocycles. The summed E-state index contributed by atoms with van der Waals surface area (Å²) in [6, 6.07) is 8.79. The van der Waals surface area contributed by atoms with Gasteiger partial charge in [-0.25, -0.2) is 4.98 Å². The maximum atomic E-state index is 9.88. The Balaban J connectivity index is 1.25. The summed E-state index contributed by atoms with van der Waals surface area (Å²) in [6.07, 6.45) is 3.21. The van der Waals surface area contributed by atoms with E-state index in [-0.39, 0.29) is 23.4 Å². The molecule has 9 nitrogen and oxygen atoms in total. The van der Waals surface area contributed by atoms with Crippen molar-refractivity contribution in [2.24, 2.45) is 0 Å². The lowest BCUT2D eigenvalue weighted by Gasteiger charge is -2.26. The van der Waals surface area contributed by atoms with E-state index in [9.17, 15) is 5.11 Å². The number of fused-ring (bicyclic) bond motifs is 4. The number of benzene rings is 1. The van der Waals surface area contributed by atoms with E-state index in [0.29, 0.717) is 11.2 Å². The molecular weight excluding hydrogens is 470 g/mol. The number of halogens is 1. The van der Waals surface area contributed by atoms with Crippen LogP contribution in [0.25, 0.3) is 11.2 Å². The fourth-order valence-corrected chi connectivity index (χ4v) is 6.71. The molecule has 3 aliphatic heterocycles. The van der Waals surface area contributed by atoms with Gasteiger partial charge in [0.05, 0.1) is 12.9 Å². The predicted molar refractivity (Wildman–Crippen MR) is 128 cm³/mol. The fourth-order valence-electron chi connectivity index (χ4n) is 6.55. The molecule has 184 valence electrons. The molecule has 35 heavy (non-hydrogen) atoms. The molecule has 0 bridgehead atoms. The molecule has 3 aromatic rings. The Bertz CT molecular complexity index is 1310. The lowest BCUT2D eigenvalue weighted by molar-refractivity contribution is -0.199. The monoisotopic (exact) mass is 497 g/mol. The average molecular weight is 498 g/mol. The van der Waals surface area contributed by atoms with Crippen LogP contribution in [0.2, 0.25) is 5.28 Å². The highest BCUT2D eigenvalue weighted by Gasteiger charge is 2.56. The molecule has 1 aromatic carbocycles. The number of aryl methyl sites for hydroxylation is 1. The number of hydrogen-bond donors (Lipinski definition) is 1. The Morgan fingerprint density at radius 2 is 1.97 bits per heavy atom. The van der Waals surface area contributed by atoms with Crippen molar-refractivity contribution in [1.82, 2.24) is 19.5 Å². The van der Waals surface area contributed by atoms with Crippen molar-refractivity contribution in [3.05, 3.63) is 47.0 Å². The molecule has 10 heteroatoms. The van der Waals surface area contributed by atoms with E-state index in [4.69, 9.17) is 30.8 Å². The van der Waals surface area contributed by atoms with E-state index in [1.54, 1.807) is 6.33 Å². The van der Waals surface area contributed by atoms with E-state index in [2.05, 4.69) is 39.1 Å². The second-order valence-corrected chi connectivity index (χ2v) is 10.9. The summed E-state index contributed by atoms with van der Waals surface area (Å²) in [5, 5.41) is 10.0. The maximum absolute atomic E-state index is 9.88. The zero-order valence-electron chi connectivity index (χ0n) is 19.7. The molecule has 3 fully saturated rings. The first kappa shape index (κ1) is 21.9. The fraction of sp³-hybridized carbons (Fsp3) is 0.560. The summed E-state index contributed by atoms with van der Waals surface area (Å²) in [6.45, 7) is 5.32. The van der Waals surface area contributed by atoms with Crippen LogP contribution < -0.4 is 4.90 Å². The second kappa shape index (κ2) is 7.60. The van der Waals surface area contributed by atoms with Gasteiger partial charge in [-0.15, -0.1) is 0 Å². The number of aliphatic hydroxyl groups is 1. The molecule has 1 spiro atoms. The van der Waals surface area contributed by atoms with Gasteiger partial charge in [0.1, 0.15) is 18.3 Å². The first-order valence-electron chi connectivity index (χ1n) is 12.2. The number of aromatic nitrogens is 4. The minimum Gasteiger partial charge on any atom is -0.394 e. The summed E-state index contributed by atoms with van der Waals surface area (Å²) >= 11 is 6.46. The third kappa shape index (κ3) is 3.25. The molecule has 1 unspecified atom stereocenters. The van der Waals surface area contributed by atoms with E-state index < -0.39 is 24.2 Å². The van der Waals surface area contributed by atoms with Crippen LogP contribution in [0.1, 0.15) is 44.0 Å². The van der Waals surface area contributed by atoms with Crippen LogP contribution in [-0.2, 0) is 26.0 Å². The smallest absolute Gasteiger partial charge is 0.226 e. The van der Waals surface area contributed by atoms with E-state index in [1.807, 2.05) is 18.4 Å². The number of ether oxygens (including phenoxy) is 3. The Hall–Kier alpha value is -2.30. The quantitative estimate of drug-likeness (QED) is 0.552. The molecule has 1 N–H and O–H groups in total. The zero-order chi connectivity index (χ0) is 23.9. The average Bonchev–Trinajstić information content (AvgIpc) is 3.63. The van der Waals surface area contributed by atoms with Crippen LogP contribution in [-0.4, -0.2) is 68.4 Å². The number of hydrogen-bond acceptors (Lipinski definition) is 8. The van der Waals surface area contributed by atoms with Gasteiger partial charge in [0.2, 0.25) is 5.28 Å². The Morgan fingerprint density at radius 1 is 1.14 bits per heavy atom. The maximum Gasteiger partial charge on any atom is 0.226 e. The minimum atomic E-state index is -0.763. The Morgan fingerprint density at radius 3 is 2.83 bits per heavy atom. The van der Waals surface area contributed by atoms with Crippen LogP contribution in [0.4, 0.5) is 5.82 Å². The third-order valence-corrected chi connectivity index (χ3v) is 8.24. The van der Waals surface area contributed by atoms with Gasteiger partial charge in [-0.1, -0.05) is 24.3 Å². The standard InChI is InChI=1S/C25H28ClN5O4/c1-24(2)34-18-16(11-32)33-22(19(18)35-24)31-13-27-17-20(28-23(26)29-21(17)31)30-10-9-25(12-30)8-7-14-5-3-4-6-15(14)25/h3-6,13,16,18-19,22,32H,7-12H2,1-2H3/t16-,18-,19-,22-,25?/m1/s1. The molecule has 4 aliphatic rings. The molecular formula is C25H28ClN5O4. The van der Waals surface area contributed by atoms with Gasteiger partial charge in [0.15, 0.2) is 29.0 Å². The predicted octanol–water partition coefficient (Wildman–Crippen LogP) is 2.98.